The second-order valence-corrected chi connectivity index (χ2v) is 5.87. The molecule has 8 heteroatoms. The number of halogens is 3. The van der Waals surface area contributed by atoms with E-state index in [1.807, 2.05) is 4.90 Å². The van der Waals surface area contributed by atoms with Crippen LogP contribution in [0.25, 0.3) is 0 Å². The molecule has 1 saturated heterocycles. The molecule has 1 amide bonds. The Kier molecular flexibility index (Phi) is 4.87. The molecule has 0 radical (unpaired) electrons. The maximum atomic E-state index is 13.0. The first kappa shape index (κ1) is 17.2. The van der Waals surface area contributed by atoms with Crippen molar-refractivity contribution in [3.63, 3.8) is 0 Å². The highest BCUT2D eigenvalue weighted by atomic mass is 19.4. The van der Waals surface area contributed by atoms with Gasteiger partial charge in [0.15, 0.2) is 0 Å². The zero-order valence-electron chi connectivity index (χ0n) is 13.3. The van der Waals surface area contributed by atoms with Crippen molar-refractivity contribution in [1.29, 1.82) is 0 Å². The minimum atomic E-state index is -4.51. The average molecular weight is 350 g/mol. The van der Waals surface area contributed by atoms with E-state index in [2.05, 4.69) is 15.3 Å². The van der Waals surface area contributed by atoms with Gasteiger partial charge in [-0.05, 0) is 31.0 Å². The Hall–Kier alpha value is -2.64. The molecule has 1 aromatic heterocycles. The first-order valence-corrected chi connectivity index (χ1v) is 7.94. The van der Waals surface area contributed by atoms with Crippen LogP contribution in [0, 0.1) is 5.92 Å². The van der Waals surface area contributed by atoms with Gasteiger partial charge < -0.3 is 10.2 Å². The zero-order valence-corrected chi connectivity index (χ0v) is 13.3. The number of hydrogen-bond donors (Lipinski definition) is 1. The lowest BCUT2D eigenvalue weighted by atomic mass is 9.97. The van der Waals surface area contributed by atoms with Gasteiger partial charge in [-0.3, -0.25) is 4.79 Å². The van der Waals surface area contributed by atoms with E-state index in [1.54, 1.807) is 18.5 Å². The molecular formula is C17H17F3N4O. The van der Waals surface area contributed by atoms with Gasteiger partial charge in [0.25, 0.3) is 0 Å². The van der Waals surface area contributed by atoms with Crippen molar-refractivity contribution >= 4 is 17.5 Å². The summed E-state index contributed by atoms with van der Waals surface area (Å²) in [6.45, 7) is 1.09. The quantitative estimate of drug-likeness (QED) is 0.922. The number of piperidine rings is 1. The van der Waals surface area contributed by atoms with E-state index in [1.165, 1.54) is 18.2 Å². The molecule has 132 valence electrons. The van der Waals surface area contributed by atoms with Crippen molar-refractivity contribution in [1.82, 2.24) is 9.97 Å². The van der Waals surface area contributed by atoms with Gasteiger partial charge in [0.1, 0.15) is 0 Å². The Labute approximate surface area is 142 Å². The SMILES string of the molecule is O=C(Nc1ccccc1C(F)(F)F)C1CCCN(c2ncccn2)C1. The number of benzene rings is 1. The van der Waals surface area contributed by atoms with Gasteiger partial charge in [-0.25, -0.2) is 9.97 Å². The molecular weight excluding hydrogens is 333 g/mol. The smallest absolute Gasteiger partial charge is 0.340 e. The maximum Gasteiger partial charge on any atom is 0.418 e. The Balaban J connectivity index is 1.72. The predicted octanol–water partition coefficient (Wildman–Crippen LogP) is 3.35. The molecule has 5 nitrogen and oxygen atoms in total. The molecule has 3 rings (SSSR count). The normalized spacial score (nSPS) is 18.0. The molecule has 0 saturated carbocycles. The largest absolute Gasteiger partial charge is 0.418 e. The van der Waals surface area contributed by atoms with E-state index >= 15 is 0 Å². The second kappa shape index (κ2) is 7.08. The van der Waals surface area contributed by atoms with Crippen LogP contribution in [0.3, 0.4) is 0 Å². The van der Waals surface area contributed by atoms with Crippen molar-refractivity contribution in [3.05, 3.63) is 48.3 Å². The Morgan fingerprint density at radius 2 is 1.88 bits per heavy atom. The van der Waals surface area contributed by atoms with Crippen LogP contribution in [0.4, 0.5) is 24.8 Å². The highest BCUT2D eigenvalue weighted by Crippen LogP contribution is 2.35. The Morgan fingerprint density at radius 3 is 2.60 bits per heavy atom. The van der Waals surface area contributed by atoms with Crippen LogP contribution in [0.15, 0.2) is 42.7 Å². The Morgan fingerprint density at radius 1 is 1.16 bits per heavy atom. The van der Waals surface area contributed by atoms with E-state index < -0.39 is 23.6 Å². The van der Waals surface area contributed by atoms with E-state index in [9.17, 15) is 18.0 Å². The van der Waals surface area contributed by atoms with Gasteiger partial charge in [0.05, 0.1) is 17.2 Å². The van der Waals surface area contributed by atoms with Gasteiger partial charge >= 0.3 is 6.18 Å². The van der Waals surface area contributed by atoms with E-state index in [0.29, 0.717) is 25.5 Å². The number of carbonyl (C=O) groups is 1. The number of aromatic nitrogens is 2. The molecule has 1 aliphatic rings. The number of nitrogens with one attached hydrogen (secondary N) is 1. The van der Waals surface area contributed by atoms with E-state index in [0.717, 1.165) is 12.5 Å². The minimum Gasteiger partial charge on any atom is -0.340 e. The fraction of sp³-hybridized carbons (Fsp3) is 0.353. The van der Waals surface area contributed by atoms with Gasteiger partial charge in [0.2, 0.25) is 11.9 Å². The van der Waals surface area contributed by atoms with Gasteiger partial charge in [-0.2, -0.15) is 13.2 Å². The van der Waals surface area contributed by atoms with Crippen LogP contribution in [0.5, 0.6) is 0 Å². The molecule has 1 fully saturated rings. The molecule has 1 unspecified atom stereocenters. The molecule has 25 heavy (non-hydrogen) atoms. The average Bonchev–Trinajstić information content (AvgIpc) is 2.62. The number of para-hydroxylation sites is 1. The number of hydrogen-bond acceptors (Lipinski definition) is 4. The van der Waals surface area contributed by atoms with E-state index in [4.69, 9.17) is 0 Å². The van der Waals surface area contributed by atoms with Crippen molar-refractivity contribution in [3.8, 4) is 0 Å². The minimum absolute atomic E-state index is 0.215. The van der Waals surface area contributed by atoms with Crippen LogP contribution >= 0.6 is 0 Å². The molecule has 1 atom stereocenters. The summed E-state index contributed by atoms with van der Waals surface area (Å²) in [5.41, 5.74) is -1.06. The number of rotatable bonds is 3. The van der Waals surface area contributed by atoms with Gasteiger partial charge in [-0.1, -0.05) is 12.1 Å². The molecule has 0 spiro atoms. The lowest BCUT2D eigenvalue weighted by molar-refractivity contribution is -0.137. The summed E-state index contributed by atoms with van der Waals surface area (Å²) in [5, 5.41) is 2.43. The first-order valence-electron chi connectivity index (χ1n) is 7.94. The van der Waals surface area contributed by atoms with Crippen molar-refractivity contribution in [2.45, 2.75) is 19.0 Å². The second-order valence-electron chi connectivity index (χ2n) is 5.87. The molecule has 1 aliphatic heterocycles. The predicted molar refractivity (Wildman–Crippen MR) is 87.0 cm³/mol. The van der Waals surface area contributed by atoms with Crippen LogP contribution < -0.4 is 10.2 Å². The van der Waals surface area contributed by atoms with Gasteiger partial charge in [0, 0.05) is 25.5 Å². The monoisotopic (exact) mass is 350 g/mol. The fourth-order valence-corrected chi connectivity index (χ4v) is 2.90. The van der Waals surface area contributed by atoms with Crippen LogP contribution in [0.2, 0.25) is 0 Å². The third-order valence-corrected chi connectivity index (χ3v) is 4.12. The highest BCUT2D eigenvalue weighted by molar-refractivity contribution is 5.93. The number of anilines is 2. The molecule has 1 aromatic carbocycles. The summed E-state index contributed by atoms with van der Waals surface area (Å²) in [6, 6.07) is 6.69. The third-order valence-electron chi connectivity index (χ3n) is 4.12. The van der Waals surface area contributed by atoms with E-state index in [-0.39, 0.29) is 5.69 Å². The highest BCUT2D eigenvalue weighted by Gasteiger charge is 2.34. The molecule has 1 N–H and O–H groups in total. The lowest BCUT2D eigenvalue weighted by Gasteiger charge is -2.32. The van der Waals surface area contributed by atoms with Crippen LogP contribution in [0.1, 0.15) is 18.4 Å². The summed E-state index contributed by atoms with van der Waals surface area (Å²) < 4.78 is 39.1. The Bertz CT molecular complexity index is 736. The zero-order chi connectivity index (χ0) is 17.9. The first-order chi connectivity index (χ1) is 11.9. The standard InChI is InChI=1S/C17H17F3N4O/c18-17(19,20)13-6-1-2-7-14(13)23-15(25)12-5-3-10-24(11-12)16-21-8-4-9-22-16/h1-2,4,6-9,12H,3,5,10-11H2,(H,23,25). The van der Waals surface area contributed by atoms with Crippen molar-refractivity contribution < 1.29 is 18.0 Å². The lowest BCUT2D eigenvalue weighted by Crippen LogP contribution is -2.41. The number of alkyl halides is 3. The topological polar surface area (TPSA) is 58.1 Å². The summed E-state index contributed by atoms with van der Waals surface area (Å²) in [5.74, 6) is -0.313. The molecule has 0 bridgehead atoms. The summed E-state index contributed by atoms with van der Waals surface area (Å²) in [7, 11) is 0. The molecule has 0 aliphatic carbocycles. The number of nitrogens with zero attached hydrogens (tertiary/aromatic N) is 3. The summed E-state index contributed by atoms with van der Waals surface area (Å²) in [4.78, 5) is 22.7. The third kappa shape index (κ3) is 4.07. The summed E-state index contributed by atoms with van der Waals surface area (Å²) >= 11 is 0. The fourth-order valence-electron chi connectivity index (χ4n) is 2.90. The number of carbonyl (C=O) groups excluding carboxylic acids is 1. The maximum absolute atomic E-state index is 13.0. The van der Waals surface area contributed by atoms with Crippen molar-refractivity contribution in [2.24, 2.45) is 5.92 Å². The van der Waals surface area contributed by atoms with Crippen LogP contribution in [-0.4, -0.2) is 29.0 Å². The molecule has 2 heterocycles. The van der Waals surface area contributed by atoms with Gasteiger partial charge in [-0.15, -0.1) is 0 Å². The van der Waals surface area contributed by atoms with Crippen molar-refractivity contribution in [2.75, 3.05) is 23.3 Å². The molecule has 2 aromatic rings. The number of amides is 1. The van der Waals surface area contributed by atoms with Crippen LogP contribution in [-0.2, 0) is 11.0 Å². The summed E-state index contributed by atoms with van der Waals surface area (Å²) in [6.07, 6.45) is 0.0815.